The Morgan fingerprint density at radius 2 is 1.29 bits per heavy atom. The third-order valence-electron chi connectivity index (χ3n) is 14.8. The summed E-state index contributed by atoms with van der Waals surface area (Å²) in [6, 6.07) is 28.0. The van der Waals surface area contributed by atoms with Gasteiger partial charge in [0.15, 0.2) is 11.6 Å². The summed E-state index contributed by atoms with van der Waals surface area (Å²) in [6.45, 7) is 19.9. The van der Waals surface area contributed by atoms with Gasteiger partial charge in [-0.2, -0.15) is 0 Å². The van der Waals surface area contributed by atoms with Crippen LogP contribution in [0.4, 0.5) is 0 Å². The molecule has 1 aromatic heterocycles. The summed E-state index contributed by atoms with van der Waals surface area (Å²) in [7, 11) is 0. The zero-order valence-electron chi connectivity index (χ0n) is 47.2. The third kappa shape index (κ3) is 17.6. The van der Waals surface area contributed by atoms with Crippen molar-refractivity contribution in [3.63, 3.8) is 0 Å². The van der Waals surface area contributed by atoms with Crippen molar-refractivity contribution in [3.05, 3.63) is 119 Å². The number of aryl methyl sites for hydroxylation is 1. The van der Waals surface area contributed by atoms with Crippen molar-refractivity contribution in [1.82, 2.24) is 51.1 Å². The molecule has 4 aromatic carbocycles. The standard InChI is InChI=1S/C61H84N10O8/c1-40(2)31-50(56(75)61(7)39-79-61)65-59(77)52(33-44-17-12-9-13-18-44)66-58(76)51(32-41(3)4)64-36-46(22-19-43-15-10-8-11-16-43)62-25-14-26-63-55(74)38-70-29-27-69(28-30-70)37-45-20-23-47(24-21-45)71-57(67-68-60(71)78)49-34-48(42(5)6)53(72)35-54(49)73/h8-13,15-18,20-21,23-24,34-35,40-42,46,50-52,62,64,72-73H,14,19,22,25-33,36-39H2,1-7H3,(H,63,74)(H,65,77)(H,66,76)(H,68,78)/t46-,50-,51-,52-,61+/m0/s1. The van der Waals surface area contributed by atoms with E-state index in [2.05, 4.69) is 72.6 Å². The number of carbonyl (C=O) groups excluding carboxylic acids is 4. The number of ketones is 1. The number of aromatic nitrogens is 3. The Bertz CT molecular complexity index is 2760. The highest BCUT2D eigenvalue weighted by atomic mass is 16.6. The number of hydrogen-bond acceptors (Lipinski definition) is 14. The maximum absolute atomic E-state index is 14.3. The van der Waals surface area contributed by atoms with E-state index in [1.165, 1.54) is 16.2 Å². The fourth-order valence-corrected chi connectivity index (χ4v) is 10.1. The van der Waals surface area contributed by atoms with Gasteiger partial charge < -0.3 is 46.6 Å². The number of amides is 3. The zero-order valence-corrected chi connectivity index (χ0v) is 47.2. The lowest BCUT2D eigenvalue weighted by Crippen LogP contribution is -2.57. The number of Topliss-reactive ketones (excluding diaryl/α,β-unsaturated/α-hetero) is 1. The van der Waals surface area contributed by atoms with Gasteiger partial charge in [-0.25, -0.2) is 4.57 Å². The van der Waals surface area contributed by atoms with E-state index in [1.807, 2.05) is 100 Å². The van der Waals surface area contributed by atoms with Gasteiger partial charge in [0.2, 0.25) is 17.7 Å². The molecule has 2 aliphatic rings. The number of hydrogen-bond donors (Lipinski definition) is 8. The van der Waals surface area contributed by atoms with E-state index in [-0.39, 0.29) is 71.1 Å². The van der Waals surface area contributed by atoms with Crippen LogP contribution < -0.4 is 26.6 Å². The molecular formula is C61H84N10O8. The van der Waals surface area contributed by atoms with Crippen LogP contribution in [0, 0.1) is 11.8 Å². The Morgan fingerprint density at radius 1 is 0.684 bits per heavy atom. The molecule has 8 N–H and O–H groups in total. The van der Waals surface area contributed by atoms with Gasteiger partial charge in [-0.3, -0.25) is 29.0 Å². The van der Waals surface area contributed by atoms with Gasteiger partial charge in [-0.05, 0) is 104 Å². The van der Waals surface area contributed by atoms with Gasteiger partial charge in [0.05, 0.1) is 36.5 Å². The first kappa shape index (κ1) is 60.0. The molecule has 0 saturated carbocycles. The van der Waals surface area contributed by atoms with Crippen molar-refractivity contribution in [2.75, 3.05) is 59.0 Å². The highest BCUT2D eigenvalue weighted by Crippen LogP contribution is 2.39. The molecule has 3 heterocycles. The Hall–Kier alpha value is -6.70. The minimum Gasteiger partial charge on any atom is -0.508 e. The van der Waals surface area contributed by atoms with Crippen LogP contribution in [0.25, 0.3) is 17.1 Å². The second-order valence-corrected chi connectivity index (χ2v) is 22.8. The molecule has 18 heteroatoms. The lowest BCUT2D eigenvalue weighted by Gasteiger charge is -2.34. The van der Waals surface area contributed by atoms with Gasteiger partial charge >= 0.3 is 6.01 Å². The molecule has 426 valence electrons. The van der Waals surface area contributed by atoms with Crippen LogP contribution in [0.3, 0.4) is 0 Å². The Balaban J connectivity index is 0.877. The molecular weight excluding hydrogens is 1000 g/mol. The van der Waals surface area contributed by atoms with E-state index in [0.717, 1.165) is 50.1 Å². The topological polar surface area (TPSA) is 239 Å². The minimum atomic E-state index is -0.915. The average Bonchev–Trinajstić information content (AvgIpc) is 4.25. The van der Waals surface area contributed by atoms with Crippen molar-refractivity contribution < 1.29 is 39.2 Å². The number of nitrogens with one attached hydrogen (secondary N) is 5. The summed E-state index contributed by atoms with van der Waals surface area (Å²) in [5.74, 6) is -0.463. The van der Waals surface area contributed by atoms with E-state index in [1.54, 1.807) is 13.0 Å². The van der Waals surface area contributed by atoms with Crippen LogP contribution in [0.5, 0.6) is 17.5 Å². The summed E-state index contributed by atoms with van der Waals surface area (Å²) < 4.78 is 6.94. The number of ether oxygens (including phenoxy) is 1. The number of epoxide rings is 1. The maximum Gasteiger partial charge on any atom is 0.319 e. The molecule has 18 nitrogen and oxygen atoms in total. The zero-order chi connectivity index (χ0) is 56.6. The third-order valence-corrected chi connectivity index (χ3v) is 14.8. The minimum absolute atomic E-state index is 0.00489. The summed E-state index contributed by atoms with van der Waals surface area (Å²) in [6.07, 6.45) is 3.63. The van der Waals surface area contributed by atoms with Crippen molar-refractivity contribution in [2.45, 2.75) is 129 Å². The largest absolute Gasteiger partial charge is 0.508 e. The van der Waals surface area contributed by atoms with Gasteiger partial charge in [0.1, 0.15) is 23.1 Å². The first-order chi connectivity index (χ1) is 37.8. The Kier molecular flexibility index (Phi) is 21.6. The smallest absolute Gasteiger partial charge is 0.319 e. The van der Waals surface area contributed by atoms with Crippen LogP contribution in [-0.4, -0.2) is 152 Å². The number of phenols is 2. The Labute approximate surface area is 466 Å². The molecule has 0 aliphatic carbocycles. The Morgan fingerprint density at radius 3 is 1.92 bits per heavy atom. The first-order valence-corrected chi connectivity index (χ1v) is 28.2. The normalized spacial score (nSPS) is 17.3. The number of phenolic OH excluding ortho intramolecular Hbond substituents is 2. The molecule has 3 amide bonds. The van der Waals surface area contributed by atoms with Crippen molar-refractivity contribution in [2.24, 2.45) is 11.8 Å². The van der Waals surface area contributed by atoms with E-state index >= 15 is 0 Å². The first-order valence-electron chi connectivity index (χ1n) is 28.2. The number of carbonyl (C=O) groups is 4. The van der Waals surface area contributed by atoms with Crippen LogP contribution in [0.1, 0.15) is 102 Å². The van der Waals surface area contributed by atoms with Gasteiger partial charge in [0, 0.05) is 64.3 Å². The van der Waals surface area contributed by atoms with E-state index < -0.39 is 29.6 Å². The van der Waals surface area contributed by atoms with Crippen LogP contribution >= 0.6 is 0 Å². The quantitative estimate of drug-likeness (QED) is 0.0194. The van der Waals surface area contributed by atoms with Crippen molar-refractivity contribution in [3.8, 4) is 34.6 Å². The fourth-order valence-electron chi connectivity index (χ4n) is 10.1. The molecule has 0 spiro atoms. The highest BCUT2D eigenvalue weighted by Gasteiger charge is 2.50. The van der Waals surface area contributed by atoms with Crippen molar-refractivity contribution in [1.29, 1.82) is 0 Å². The molecule has 5 atom stereocenters. The second kappa shape index (κ2) is 28.4. The lowest BCUT2D eigenvalue weighted by atomic mass is 9.93. The van der Waals surface area contributed by atoms with Gasteiger partial charge in [-0.1, -0.05) is 119 Å². The second-order valence-electron chi connectivity index (χ2n) is 22.8. The predicted octanol–water partition coefficient (Wildman–Crippen LogP) is 6.01. The molecule has 0 unspecified atom stereocenters. The molecule has 7 rings (SSSR count). The number of piperazine rings is 1. The molecule has 5 aromatic rings. The van der Waals surface area contributed by atoms with Crippen LogP contribution in [0.15, 0.2) is 97.1 Å². The average molecular weight is 1090 g/mol. The fraction of sp³-hybridized carbons (Fsp3) is 0.508. The predicted molar refractivity (Wildman–Crippen MR) is 306 cm³/mol. The lowest BCUT2D eigenvalue weighted by molar-refractivity contribution is -0.133. The summed E-state index contributed by atoms with van der Waals surface area (Å²) in [5.41, 5.74) is 3.89. The SMILES string of the molecule is CC(C)C[C@H](NC[C@H](CCc1ccccc1)NCCCNC(=O)CN1CCN(Cc2ccc(-n3c(O)nnc3-c3cc(C(C)C)c(O)cc3O)cc2)CC1)C(=O)N[C@@H](Cc1ccccc1)C(=O)N[C@@H](CC(C)C)C(=O)[C@@]1(C)CO1. The summed E-state index contributed by atoms with van der Waals surface area (Å²) in [5, 5.41) is 56.3. The highest BCUT2D eigenvalue weighted by molar-refractivity contribution is 5.98. The number of benzene rings is 4. The molecule has 2 saturated heterocycles. The maximum atomic E-state index is 14.3. The monoisotopic (exact) mass is 1080 g/mol. The summed E-state index contributed by atoms with van der Waals surface area (Å²) in [4.78, 5) is 59.7. The number of nitrogens with zero attached hydrogens (tertiary/aromatic N) is 5. The molecule has 0 bridgehead atoms. The number of rotatable bonds is 30. The van der Waals surface area contributed by atoms with E-state index in [0.29, 0.717) is 75.4 Å². The van der Waals surface area contributed by atoms with Gasteiger partial charge in [-0.15, -0.1) is 5.10 Å². The van der Waals surface area contributed by atoms with Crippen LogP contribution in [-0.2, 0) is 43.3 Å². The molecule has 0 radical (unpaired) electrons. The molecule has 79 heavy (non-hydrogen) atoms. The number of aromatic hydroxyl groups is 3. The van der Waals surface area contributed by atoms with E-state index in [9.17, 15) is 34.5 Å². The molecule has 2 fully saturated rings. The van der Waals surface area contributed by atoms with Crippen LogP contribution in [0.2, 0.25) is 0 Å². The van der Waals surface area contributed by atoms with E-state index in [4.69, 9.17) is 4.74 Å². The van der Waals surface area contributed by atoms with Gasteiger partial charge in [0.25, 0.3) is 0 Å². The molecule has 2 aliphatic heterocycles. The van der Waals surface area contributed by atoms with Crippen molar-refractivity contribution >= 4 is 23.5 Å². The summed E-state index contributed by atoms with van der Waals surface area (Å²) >= 11 is 0.